The van der Waals surface area contributed by atoms with Crippen molar-refractivity contribution in [3.05, 3.63) is 76.3 Å². The molecular weight excluding hydrogens is 330 g/mol. The van der Waals surface area contributed by atoms with Gasteiger partial charge in [0.05, 0.1) is 0 Å². The van der Waals surface area contributed by atoms with Crippen LogP contribution >= 0.6 is 11.6 Å². The van der Waals surface area contributed by atoms with E-state index >= 15 is 0 Å². The van der Waals surface area contributed by atoms with Crippen molar-refractivity contribution < 1.29 is 4.74 Å². The average molecular weight is 356 g/mol. The number of allylic oxidation sites excluding steroid dienone is 1. The Labute approximate surface area is 155 Å². The van der Waals surface area contributed by atoms with Gasteiger partial charge in [0, 0.05) is 17.1 Å². The van der Waals surface area contributed by atoms with Crippen LogP contribution in [0.1, 0.15) is 43.2 Å². The Kier molecular flexibility index (Phi) is 6.96. The van der Waals surface area contributed by atoms with E-state index in [2.05, 4.69) is 23.5 Å². The highest BCUT2D eigenvalue weighted by molar-refractivity contribution is 6.30. The van der Waals surface area contributed by atoms with Crippen LogP contribution in [-0.4, -0.2) is 6.54 Å². The third-order valence-corrected chi connectivity index (χ3v) is 4.86. The van der Waals surface area contributed by atoms with Crippen molar-refractivity contribution in [2.45, 2.75) is 45.3 Å². The number of hydrogen-bond acceptors (Lipinski definition) is 2. The van der Waals surface area contributed by atoms with Crippen molar-refractivity contribution in [2.24, 2.45) is 0 Å². The lowest BCUT2D eigenvalue weighted by molar-refractivity contribution is 0.302. The molecular formula is C22H26ClNO. The van der Waals surface area contributed by atoms with Crippen LogP contribution in [-0.2, 0) is 13.2 Å². The molecule has 0 unspecified atom stereocenters. The summed E-state index contributed by atoms with van der Waals surface area (Å²) in [6.45, 7) is 2.42. The molecule has 2 nitrogen and oxygen atoms in total. The van der Waals surface area contributed by atoms with Crippen molar-refractivity contribution >= 4 is 11.6 Å². The van der Waals surface area contributed by atoms with Gasteiger partial charge in [-0.05, 0) is 62.4 Å². The van der Waals surface area contributed by atoms with E-state index in [4.69, 9.17) is 16.3 Å². The molecule has 0 spiro atoms. The molecule has 2 aromatic carbocycles. The van der Waals surface area contributed by atoms with E-state index < -0.39 is 0 Å². The van der Waals surface area contributed by atoms with Crippen LogP contribution in [0, 0.1) is 0 Å². The van der Waals surface area contributed by atoms with Gasteiger partial charge in [0.15, 0.2) is 0 Å². The van der Waals surface area contributed by atoms with Gasteiger partial charge in [-0.3, -0.25) is 0 Å². The molecule has 2 aromatic rings. The number of nitrogens with one attached hydrogen (secondary N) is 1. The Morgan fingerprint density at radius 3 is 2.64 bits per heavy atom. The first-order valence-electron chi connectivity index (χ1n) is 9.15. The Morgan fingerprint density at radius 2 is 1.84 bits per heavy atom. The number of hydrogen-bond donors (Lipinski definition) is 1. The lowest BCUT2D eigenvalue weighted by Crippen LogP contribution is -2.16. The quantitative estimate of drug-likeness (QED) is 0.470. The molecule has 0 amide bonds. The van der Waals surface area contributed by atoms with Crippen LogP contribution < -0.4 is 10.1 Å². The molecule has 0 saturated carbocycles. The van der Waals surface area contributed by atoms with Crippen LogP contribution in [0.25, 0.3) is 0 Å². The van der Waals surface area contributed by atoms with E-state index in [1.807, 2.05) is 36.4 Å². The van der Waals surface area contributed by atoms with Crippen molar-refractivity contribution in [1.29, 1.82) is 0 Å². The summed E-state index contributed by atoms with van der Waals surface area (Å²) >= 11 is 5.93. The SMILES string of the molecule is Clc1ccc(COc2ccccc2CNCCC2=CCCCC2)cc1. The number of rotatable bonds is 8. The van der Waals surface area contributed by atoms with E-state index in [1.165, 1.54) is 31.2 Å². The molecule has 0 heterocycles. The maximum atomic E-state index is 6.02. The van der Waals surface area contributed by atoms with Crippen molar-refractivity contribution in [3.63, 3.8) is 0 Å². The molecule has 0 fully saturated rings. The summed E-state index contributed by atoms with van der Waals surface area (Å²) in [5.41, 5.74) is 3.94. The summed E-state index contributed by atoms with van der Waals surface area (Å²) in [6.07, 6.45) is 8.84. The largest absolute Gasteiger partial charge is 0.489 e. The van der Waals surface area contributed by atoms with Gasteiger partial charge in [-0.1, -0.05) is 53.6 Å². The van der Waals surface area contributed by atoms with Crippen LogP contribution in [0.4, 0.5) is 0 Å². The second-order valence-electron chi connectivity index (χ2n) is 6.56. The van der Waals surface area contributed by atoms with Crippen LogP contribution in [0.3, 0.4) is 0 Å². The Morgan fingerprint density at radius 1 is 1.00 bits per heavy atom. The predicted molar refractivity (Wildman–Crippen MR) is 105 cm³/mol. The monoisotopic (exact) mass is 355 g/mol. The van der Waals surface area contributed by atoms with Gasteiger partial charge in [-0.15, -0.1) is 0 Å². The summed E-state index contributed by atoms with van der Waals surface area (Å²) in [5, 5.41) is 4.31. The zero-order chi connectivity index (χ0) is 17.3. The van der Waals surface area contributed by atoms with Crippen LogP contribution in [0.15, 0.2) is 60.2 Å². The standard InChI is InChI=1S/C22H26ClNO/c23-21-12-10-19(11-13-21)17-25-22-9-5-4-8-20(22)16-24-15-14-18-6-2-1-3-7-18/h4-6,8-13,24H,1-3,7,14-17H2. The van der Waals surface area contributed by atoms with E-state index in [-0.39, 0.29) is 0 Å². The van der Waals surface area contributed by atoms with Gasteiger partial charge in [-0.25, -0.2) is 0 Å². The molecule has 25 heavy (non-hydrogen) atoms. The maximum Gasteiger partial charge on any atom is 0.124 e. The molecule has 132 valence electrons. The summed E-state index contributed by atoms with van der Waals surface area (Å²) in [5.74, 6) is 0.946. The molecule has 1 N–H and O–H groups in total. The lowest BCUT2D eigenvalue weighted by atomic mass is 9.97. The third-order valence-electron chi connectivity index (χ3n) is 4.60. The first-order valence-corrected chi connectivity index (χ1v) is 9.53. The third kappa shape index (κ3) is 5.91. The highest BCUT2D eigenvalue weighted by Crippen LogP contribution is 2.21. The first kappa shape index (κ1) is 18.0. The van der Waals surface area contributed by atoms with Crippen molar-refractivity contribution in [3.8, 4) is 5.75 Å². The van der Waals surface area contributed by atoms with Crippen molar-refractivity contribution in [2.75, 3.05) is 6.54 Å². The molecule has 3 rings (SSSR count). The Hall–Kier alpha value is -1.77. The minimum atomic E-state index is 0.557. The van der Waals surface area contributed by atoms with E-state index in [0.717, 1.165) is 35.8 Å². The predicted octanol–water partition coefficient (Wildman–Crippen LogP) is 5.90. The second kappa shape index (κ2) is 9.65. The van der Waals surface area contributed by atoms with E-state index in [1.54, 1.807) is 5.57 Å². The number of benzene rings is 2. The summed E-state index contributed by atoms with van der Waals surface area (Å²) < 4.78 is 6.02. The molecule has 0 radical (unpaired) electrons. The normalized spacial score (nSPS) is 14.2. The molecule has 0 aliphatic heterocycles. The van der Waals surface area contributed by atoms with Gasteiger partial charge >= 0.3 is 0 Å². The number of halogens is 1. The molecule has 0 saturated heterocycles. The topological polar surface area (TPSA) is 21.3 Å². The fourth-order valence-corrected chi connectivity index (χ4v) is 3.26. The molecule has 0 atom stereocenters. The highest BCUT2D eigenvalue weighted by Gasteiger charge is 2.05. The summed E-state index contributed by atoms with van der Waals surface area (Å²) in [7, 11) is 0. The van der Waals surface area contributed by atoms with Gasteiger partial charge in [0.25, 0.3) is 0 Å². The van der Waals surface area contributed by atoms with E-state index in [0.29, 0.717) is 6.61 Å². The second-order valence-corrected chi connectivity index (χ2v) is 6.99. The fourth-order valence-electron chi connectivity index (χ4n) is 3.14. The number of ether oxygens (including phenoxy) is 1. The molecule has 3 heteroatoms. The number of para-hydroxylation sites is 1. The smallest absolute Gasteiger partial charge is 0.124 e. The average Bonchev–Trinajstić information content (AvgIpc) is 2.66. The fraction of sp³-hybridized carbons (Fsp3) is 0.364. The molecule has 1 aliphatic rings. The maximum absolute atomic E-state index is 6.02. The molecule has 1 aliphatic carbocycles. The summed E-state index contributed by atoms with van der Waals surface area (Å²) in [6, 6.07) is 16.0. The lowest BCUT2D eigenvalue weighted by Gasteiger charge is -2.14. The molecule has 0 bridgehead atoms. The molecule has 0 aromatic heterocycles. The van der Waals surface area contributed by atoms with Crippen LogP contribution in [0.2, 0.25) is 5.02 Å². The van der Waals surface area contributed by atoms with Gasteiger partial charge in [0.1, 0.15) is 12.4 Å². The van der Waals surface area contributed by atoms with Crippen molar-refractivity contribution in [1.82, 2.24) is 5.32 Å². The first-order chi connectivity index (χ1) is 12.3. The minimum Gasteiger partial charge on any atom is -0.489 e. The zero-order valence-electron chi connectivity index (χ0n) is 14.6. The van der Waals surface area contributed by atoms with Gasteiger partial charge < -0.3 is 10.1 Å². The highest BCUT2D eigenvalue weighted by atomic mass is 35.5. The minimum absolute atomic E-state index is 0.557. The van der Waals surface area contributed by atoms with Crippen LogP contribution in [0.5, 0.6) is 5.75 Å². The zero-order valence-corrected chi connectivity index (χ0v) is 15.4. The van der Waals surface area contributed by atoms with Gasteiger partial charge in [0.2, 0.25) is 0 Å². The Balaban J connectivity index is 1.48. The Bertz CT molecular complexity index is 693. The van der Waals surface area contributed by atoms with Gasteiger partial charge in [-0.2, -0.15) is 0 Å². The van der Waals surface area contributed by atoms with E-state index in [9.17, 15) is 0 Å². The summed E-state index contributed by atoms with van der Waals surface area (Å²) in [4.78, 5) is 0.